The second-order valence-electron chi connectivity index (χ2n) is 25.4. The lowest BCUT2D eigenvalue weighted by molar-refractivity contribution is -0.161. The van der Waals surface area contributed by atoms with Crippen LogP contribution in [0.2, 0.25) is 0 Å². The second-order valence-corrected chi connectivity index (χ2v) is 28.3. The monoisotopic (exact) mass is 1300 g/mol. The summed E-state index contributed by atoms with van der Waals surface area (Å²) in [5, 5.41) is 10.6. The molecule has 0 spiro atoms. The molecule has 0 aromatic carbocycles. The Morgan fingerprint density at radius 3 is 0.773 bits per heavy atom. The summed E-state index contributed by atoms with van der Waals surface area (Å²) in [6.07, 6.45) is 48.4. The van der Waals surface area contributed by atoms with Gasteiger partial charge >= 0.3 is 39.5 Å². The third kappa shape index (κ3) is 62.8. The molecule has 0 saturated heterocycles. The Bertz CT molecular complexity index is 1700. The Hall–Kier alpha value is -1.94. The van der Waals surface area contributed by atoms with Crippen LogP contribution in [-0.4, -0.2) is 96.7 Å². The van der Waals surface area contributed by atoms with Gasteiger partial charge in [0, 0.05) is 25.7 Å². The molecule has 0 aliphatic heterocycles. The van der Waals surface area contributed by atoms with Gasteiger partial charge in [-0.15, -0.1) is 0 Å². The molecule has 522 valence electrons. The van der Waals surface area contributed by atoms with Gasteiger partial charge in [-0.1, -0.05) is 304 Å². The minimum atomic E-state index is -4.95. The van der Waals surface area contributed by atoms with Crippen LogP contribution in [0.3, 0.4) is 0 Å². The van der Waals surface area contributed by atoms with E-state index in [1.54, 1.807) is 0 Å². The maximum Gasteiger partial charge on any atom is 0.472 e. The van der Waals surface area contributed by atoms with Gasteiger partial charge in [-0.2, -0.15) is 0 Å². The van der Waals surface area contributed by atoms with Crippen molar-refractivity contribution in [2.24, 2.45) is 5.92 Å². The van der Waals surface area contributed by atoms with Crippen molar-refractivity contribution < 1.29 is 80.2 Å². The predicted molar refractivity (Wildman–Crippen MR) is 354 cm³/mol. The van der Waals surface area contributed by atoms with Crippen molar-refractivity contribution in [2.75, 3.05) is 39.6 Å². The van der Waals surface area contributed by atoms with E-state index in [1.165, 1.54) is 180 Å². The molecule has 0 rings (SSSR count). The Morgan fingerprint density at radius 1 is 0.307 bits per heavy atom. The molecule has 0 aromatic rings. The zero-order valence-corrected chi connectivity index (χ0v) is 58.6. The first-order chi connectivity index (χ1) is 42.5. The molecule has 19 heteroatoms. The van der Waals surface area contributed by atoms with Crippen LogP contribution in [0.25, 0.3) is 0 Å². The van der Waals surface area contributed by atoms with Crippen LogP contribution in [-0.2, 0) is 65.4 Å². The molecule has 0 heterocycles. The Kier molecular flexibility index (Phi) is 61.1. The van der Waals surface area contributed by atoms with Gasteiger partial charge in [0.2, 0.25) is 0 Å². The van der Waals surface area contributed by atoms with Gasteiger partial charge in [-0.05, 0) is 31.6 Å². The number of unbranched alkanes of at least 4 members (excludes halogenated alkanes) is 41. The number of esters is 4. The first-order valence-electron chi connectivity index (χ1n) is 36.1. The van der Waals surface area contributed by atoms with Crippen molar-refractivity contribution in [1.82, 2.24) is 0 Å². The van der Waals surface area contributed by atoms with E-state index < -0.39 is 97.5 Å². The van der Waals surface area contributed by atoms with Crippen molar-refractivity contribution in [3.8, 4) is 0 Å². The van der Waals surface area contributed by atoms with E-state index in [4.69, 9.17) is 37.0 Å². The highest BCUT2D eigenvalue weighted by molar-refractivity contribution is 7.47. The highest BCUT2D eigenvalue weighted by atomic mass is 31.2. The van der Waals surface area contributed by atoms with Crippen LogP contribution in [0.1, 0.15) is 356 Å². The van der Waals surface area contributed by atoms with E-state index in [-0.39, 0.29) is 25.7 Å². The third-order valence-corrected chi connectivity index (χ3v) is 17.9. The van der Waals surface area contributed by atoms with Crippen molar-refractivity contribution in [3.05, 3.63) is 0 Å². The predicted octanol–water partition coefficient (Wildman–Crippen LogP) is 19.7. The number of hydrogen-bond donors (Lipinski definition) is 3. The molecule has 0 amide bonds. The number of ether oxygens (including phenoxy) is 4. The Morgan fingerprint density at radius 2 is 0.523 bits per heavy atom. The Labute approximate surface area is 537 Å². The van der Waals surface area contributed by atoms with Crippen LogP contribution < -0.4 is 0 Å². The quantitative estimate of drug-likeness (QED) is 0.0222. The molecule has 0 fully saturated rings. The number of carbonyl (C=O) groups is 4. The van der Waals surface area contributed by atoms with Gasteiger partial charge in [0.05, 0.1) is 26.4 Å². The average molecular weight is 1300 g/mol. The van der Waals surface area contributed by atoms with E-state index in [2.05, 4.69) is 34.6 Å². The Balaban J connectivity index is 5.24. The van der Waals surface area contributed by atoms with Crippen molar-refractivity contribution in [3.63, 3.8) is 0 Å². The minimum absolute atomic E-state index is 0.107. The van der Waals surface area contributed by atoms with Crippen LogP contribution in [0, 0.1) is 5.92 Å². The molecule has 5 atom stereocenters. The zero-order valence-electron chi connectivity index (χ0n) is 56.9. The molecule has 3 N–H and O–H groups in total. The summed E-state index contributed by atoms with van der Waals surface area (Å²) in [4.78, 5) is 72.5. The smallest absolute Gasteiger partial charge is 0.462 e. The van der Waals surface area contributed by atoms with Gasteiger partial charge in [0.1, 0.15) is 19.3 Å². The van der Waals surface area contributed by atoms with E-state index >= 15 is 0 Å². The van der Waals surface area contributed by atoms with Crippen LogP contribution >= 0.6 is 15.6 Å². The molecule has 17 nitrogen and oxygen atoms in total. The summed E-state index contributed by atoms with van der Waals surface area (Å²) in [5.74, 6) is -1.38. The van der Waals surface area contributed by atoms with E-state index in [1.807, 2.05) is 0 Å². The summed E-state index contributed by atoms with van der Waals surface area (Å²) in [6, 6.07) is 0. The number of rotatable bonds is 69. The molecule has 0 aliphatic carbocycles. The summed E-state index contributed by atoms with van der Waals surface area (Å²) in [7, 11) is -9.89. The summed E-state index contributed by atoms with van der Waals surface area (Å²) < 4.78 is 68.2. The average Bonchev–Trinajstić information content (AvgIpc) is 3.52. The van der Waals surface area contributed by atoms with Crippen LogP contribution in [0.5, 0.6) is 0 Å². The highest BCUT2D eigenvalue weighted by Gasteiger charge is 2.30. The van der Waals surface area contributed by atoms with Crippen LogP contribution in [0.4, 0.5) is 0 Å². The first-order valence-corrected chi connectivity index (χ1v) is 39.1. The standard InChI is InChI=1S/C69H134O17P2/c1-6-9-12-15-18-21-24-25-26-27-29-34-40-45-50-55-69(74)86-65(59-80-67(72)53-48-43-38-35-30-31-36-41-46-51-62(4)5)61-84-88(77,78)82-57-63(70)56-81-87(75,76)83-60-64(58-79-66(71)52-47-42-37-32-23-20-17-14-11-8-3)85-68(73)54-49-44-39-33-28-22-19-16-13-10-7-2/h62-65,70H,6-61H2,1-5H3,(H,75,76)(H,77,78)/t63-,64+,65+/m0/s1. The maximum absolute atomic E-state index is 13.0. The van der Waals surface area contributed by atoms with Gasteiger partial charge in [-0.25, -0.2) is 9.13 Å². The lowest BCUT2D eigenvalue weighted by Crippen LogP contribution is -2.30. The molecule has 0 aromatic heterocycles. The summed E-state index contributed by atoms with van der Waals surface area (Å²) >= 11 is 0. The fourth-order valence-corrected chi connectivity index (χ4v) is 12.0. The van der Waals surface area contributed by atoms with E-state index in [0.29, 0.717) is 25.7 Å². The lowest BCUT2D eigenvalue weighted by Gasteiger charge is -2.21. The summed E-state index contributed by atoms with van der Waals surface area (Å²) in [5.41, 5.74) is 0. The van der Waals surface area contributed by atoms with Gasteiger partial charge in [-0.3, -0.25) is 37.3 Å². The maximum atomic E-state index is 13.0. The van der Waals surface area contributed by atoms with Crippen molar-refractivity contribution >= 4 is 39.5 Å². The van der Waals surface area contributed by atoms with Gasteiger partial charge < -0.3 is 33.8 Å². The fourth-order valence-electron chi connectivity index (χ4n) is 10.5. The van der Waals surface area contributed by atoms with Crippen molar-refractivity contribution in [1.29, 1.82) is 0 Å². The van der Waals surface area contributed by atoms with E-state index in [0.717, 1.165) is 95.8 Å². The van der Waals surface area contributed by atoms with E-state index in [9.17, 15) is 43.2 Å². The third-order valence-electron chi connectivity index (χ3n) is 16.0. The molecule has 0 bridgehead atoms. The first kappa shape index (κ1) is 86.1. The minimum Gasteiger partial charge on any atom is -0.462 e. The molecular weight excluding hydrogens is 1160 g/mol. The number of hydrogen-bond acceptors (Lipinski definition) is 15. The number of carbonyl (C=O) groups excluding carboxylic acids is 4. The number of phosphoric ester groups is 2. The van der Waals surface area contributed by atoms with Gasteiger partial charge in [0.25, 0.3) is 0 Å². The van der Waals surface area contributed by atoms with Crippen LogP contribution in [0.15, 0.2) is 0 Å². The normalized spacial score (nSPS) is 14.1. The lowest BCUT2D eigenvalue weighted by atomic mass is 10.0. The number of aliphatic hydroxyl groups is 1. The summed E-state index contributed by atoms with van der Waals surface area (Å²) in [6.45, 7) is 7.21. The second kappa shape index (κ2) is 62.5. The number of aliphatic hydroxyl groups excluding tert-OH is 1. The fraction of sp³-hybridized carbons (Fsp3) is 0.942. The molecule has 2 unspecified atom stereocenters. The number of phosphoric acid groups is 2. The molecule has 0 aliphatic rings. The highest BCUT2D eigenvalue weighted by Crippen LogP contribution is 2.45. The largest absolute Gasteiger partial charge is 0.472 e. The van der Waals surface area contributed by atoms with Gasteiger partial charge in [0.15, 0.2) is 12.2 Å². The molecule has 88 heavy (non-hydrogen) atoms. The molecule has 0 radical (unpaired) electrons. The topological polar surface area (TPSA) is 237 Å². The zero-order chi connectivity index (χ0) is 64.9. The molecule has 0 saturated carbocycles. The SMILES string of the molecule is CCCCCCCCCCCCCCCCCC(=O)O[C@H](COC(=O)CCCCCCCCCCCC(C)C)COP(=O)(O)OC[C@@H](O)COP(=O)(O)OC[C@@H](COC(=O)CCCCCCCCCCCC)OC(=O)CCCCCCCCCCCCC. The van der Waals surface area contributed by atoms with Crippen molar-refractivity contribution in [2.45, 2.75) is 374 Å². The molecular formula is C69H134O17P2.